The minimum absolute atomic E-state index is 0.405. The molecule has 0 rings (SSSR count). The lowest BCUT2D eigenvalue weighted by Gasteiger charge is -2.20. The Bertz CT molecular complexity index is 300. The van der Waals surface area contributed by atoms with Gasteiger partial charge in [0.2, 0.25) is 0 Å². The number of carboxylic acid groups (broad SMARTS) is 1. The maximum atomic E-state index is 11.2. The number of urea groups is 1. The first-order chi connectivity index (χ1) is 6.90. The van der Waals surface area contributed by atoms with E-state index in [1.807, 2.05) is 0 Å². The number of rotatable bonds is 4. The summed E-state index contributed by atoms with van der Waals surface area (Å²) in [6.07, 6.45) is 0.553. The molecular formula is C10H16N2O3. The van der Waals surface area contributed by atoms with E-state index in [2.05, 4.69) is 22.5 Å². The number of hydrogen-bond acceptors (Lipinski definition) is 2. The number of carboxylic acids is 1. The second-order valence-electron chi connectivity index (χ2n) is 3.49. The van der Waals surface area contributed by atoms with Crippen molar-refractivity contribution >= 4 is 12.0 Å². The molecule has 15 heavy (non-hydrogen) atoms. The summed E-state index contributed by atoms with van der Waals surface area (Å²) >= 11 is 0. The van der Waals surface area contributed by atoms with Crippen LogP contribution in [0.25, 0.3) is 0 Å². The van der Waals surface area contributed by atoms with Crippen LogP contribution in [0.1, 0.15) is 27.2 Å². The van der Waals surface area contributed by atoms with Gasteiger partial charge < -0.3 is 15.7 Å². The molecule has 5 nitrogen and oxygen atoms in total. The molecule has 0 aliphatic heterocycles. The highest BCUT2D eigenvalue weighted by Crippen LogP contribution is 2.00. The Kier molecular flexibility index (Phi) is 5.24. The number of amides is 2. The van der Waals surface area contributed by atoms with Gasteiger partial charge in [-0.2, -0.15) is 0 Å². The first kappa shape index (κ1) is 13.3. The van der Waals surface area contributed by atoms with E-state index < -0.39 is 17.5 Å². The third-order valence-electron chi connectivity index (χ3n) is 1.67. The summed E-state index contributed by atoms with van der Waals surface area (Å²) in [5.41, 5.74) is -1.26. The molecule has 2 amide bonds. The molecule has 0 heterocycles. The molecule has 5 heteroatoms. The third kappa shape index (κ3) is 5.57. The van der Waals surface area contributed by atoms with Crippen LogP contribution in [0.4, 0.5) is 4.79 Å². The van der Waals surface area contributed by atoms with Gasteiger partial charge in [-0.15, -0.1) is 11.8 Å². The SMILES string of the molecule is CC#CCCNC(=O)NC(C)(C)C(=O)O. The molecule has 0 saturated heterocycles. The van der Waals surface area contributed by atoms with Crippen LogP contribution in [0.5, 0.6) is 0 Å². The van der Waals surface area contributed by atoms with Crippen molar-refractivity contribution in [3.8, 4) is 11.8 Å². The summed E-state index contributed by atoms with van der Waals surface area (Å²) < 4.78 is 0. The summed E-state index contributed by atoms with van der Waals surface area (Å²) in [5.74, 6) is 4.39. The Morgan fingerprint density at radius 1 is 1.40 bits per heavy atom. The van der Waals surface area contributed by atoms with Crippen molar-refractivity contribution in [3.05, 3.63) is 0 Å². The van der Waals surface area contributed by atoms with Gasteiger partial charge in [-0.25, -0.2) is 9.59 Å². The Labute approximate surface area is 89.2 Å². The van der Waals surface area contributed by atoms with Gasteiger partial charge in [-0.3, -0.25) is 0 Å². The fourth-order valence-corrected chi connectivity index (χ4v) is 0.745. The van der Waals surface area contributed by atoms with Gasteiger partial charge >= 0.3 is 12.0 Å². The topological polar surface area (TPSA) is 78.4 Å². The highest BCUT2D eigenvalue weighted by atomic mass is 16.4. The molecule has 0 bridgehead atoms. The highest BCUT2D eigenvalue weighted by molar-refractivity contribution is 5.85. The minimum Gasteiger partial charge on any atom is -0.480 e. The molecule has 0 unspecified atom stereocenters. The molecule has 0 atom stereocenters. The minimum atomic E-state index is -1.26. The fraction of sp³-hybridized carbons (Fsp3) is 0.600. The van der Waals surface area contributed by atoms with Gasteiger partial charge in [0.15, 0.2) is 0 Å². The summed E-state index contributed by atoms with van der Waals surface area (Å²) in [6.45, 7) is 4.96. The van der Waals surface area contributed by atoms with E-state index in [1.54, 1.807) is 6.92 Å². The molecule has 0 saturated carbocycles. The third-order valence-corrected chi connectivity index (χ3v) is 1.67. The fourth-order valence-electron chi connectivity index (χ4n) is 0.745. The van der Waals surface area contributed by atoms with Crippen LogP contribution in [0.2, 0.25) is 0 Å². The lowest BCUT2D eigenvalue weighted by atomic mass is 10.1. The molecule has 3 N–H and O–H groups in total. The van der Waals surface area contributed by atoms with Gasteiger partial charge in [0.05, 0.1) is 0 Å². The van der Waals surface area contributed by atoms with Crippen LogP contribution in [-0.2, 0) is 4.79 Å². The number of hydrogen-bond donors (Lipinski definition) is 3. The maximum absolute atomic E-state index is 11.2. The average Bonchev–Trinajstić information content (AvgIpc) is 2.11. The van der Waals surface area contributed by atoms with Crippen molar-refractivity contribution in [2.75, 3.05) is 6.54 Å². The Morgan fingerprint density at radius 3 is 2.47 bits per heavy atom. The Balaban J connectivity index is 3.92. The monoisotopic (exact) mass is 212 g/mol. The smallest absolute Gasteiger partial charge is 0.328 e. The van der Waals surface area contributed by atoms with Crippen LogP contribution in [-0.4, -0.2) is 29.2 Å². The van der Waals surface area contributed by atoms with Gasteiger partial charge in [0.25, 0.3) is 0 Å². The summed E-state index contributed by atoms with van der Waals surface area (Å²) in [4.78, 5) is 21.9. The Hall–Kier alpha value is -1.70. The van der Waals surface area contributed by atoms with E-state index in [-0.39, 0.29) is 0 Å². The maximum Gasteiger partial charge on any atom is 0.328 e. The van der Waals surface area contributed by atoms with E-state index in [0.717, 1.165) is 0 Å². The van der Waals surface area contributed by atoms with Crippen molar-refractivity contribution in [3.63, 3.8) is 0 Å². The van der Waals surface area contributed by atoms with E-state index in [9.17, 15) is 9.59 Å². The quantitative estimate of drug-likeness (QED) is 0.470. The van der Waals surface area contributed by atoms with Crippen LogP contribution in [0.3, 0.4) is 0 Å². The van der Waals surface area contributed by atoms with E-state index >= 15 is 0 Å². The first-order valence-electron chi connectivity index (χ1n) is 4.59. The zero-order chi connectivity index (χ0) is 11.9. The van der Waals surface area contributed by atoms with Crippen molar-refractivity contribution in [1.82, 2.24) is 10.6 Å². The highest BCUT2D eigenvalue weighted by Gasteiger charge is 2.28. The van der Waals surface area contributed by atoms with Gasteiger partial charge in [-0.05, 0) is 20.8 Å². The normalized spacial score (nSPS) is 9.80. The van der Waals surface area contributed by atoms with Gasteiger partial charge in [0, 0.05) is 13.0 Å². The van der Waals surface area contributed by atoms with Crippen LogP contribution in [0.15, 0.2) is 0 Å². The van der Waals surface area contributed by atoms with Crippen molar-refractivity contribution in [2.45, 2.75) is 32.7 Å². The van der Waals surface area contributed by atoms with Gasteiger partial charge in [-0.1, -0.05) is 0 Å². The molecule has 0 aliphatic carbocycles. The molecular weight excluding hydrogens is 196 g/mol. The molecule has 0 aliphatic rings. The van der Waals surface area contributed by atoms with Gasteiger partial charge in [0.1, 0.15) is 5.54 Å². The van der Waals surface area contributed by atoms with Crippen molar-refractivity contribution < 1.29 is 14.7 Å². The number of nitrogens with one attached hydrogen (secondary N) is 2. The first-order valence-corrected chi connectivity index (χ1v) is 4.59. The molecule has 0 radical (unpaired) electrons. The second kappa shape index (κ2) is 5.91. The van der Waals surface area contributed by atoms with E-state index in [1.165, 1.54) is 13.8 Å². The van der Waals surface area contributed by atoms with Crippen LogP contribution >= 0.6 is 0 Å². The van der Waals surface area contributed by atoms with E-state index in [4.69, 9.17) is 5.11 Å². The molecule has 0 aromatic heterocycles. The lowest BCUT2D eigenvalue weighted by molar-refractivity contribution is -0.142. The molecule has 0 aromatic carbocycles. The standard InChI is InChI=1S/C10H16N2O3/c1-4-5-6-7-11-9(15)12-10(2,3)8(13)14/h6-7H2,1-3H3,(H,13,14)(H2,11,12,15). The molecule has 84 valence electrons. The molecule has 0 fully saturated rings. The number of carbonyl (C=O) groups is 2. The molecule has 0 spiro atoms. The second-order valence-corrected chi connectivity index (χ2v) is 3.49. The lowest BCUT2D eigenvalue weighted by Crippen LogP contribution is -2.53. The predicted molar refractivity (Wildman–Crippen MR) is 56.3 cm³/mol. The molecule has 0 aromatic rings. The van der Waals surface area contributed by atoms with Crippen LogP contribution < -0.4 is 10.6 Å². The summed E-state index contributed by atoms with van der Waals surface area (Å²) in [7, 11) is 0. The number of aliphatic carboxylic acids is 1. The largest absolute Gasteiger partial charge is 0.480 e. The summed E-state index contributed by atoms with van der Waals surface area (Å²) in [6, 6.07) is -0.500. The zero-order valence-electron chi connectivity index (χ0n) is 9.18. The Morgan fingerprint density at radius 2 is 2.00 bits per heavy atom. The van der Waals surface area contributed by atoms with Crippen LogP contribution in [0, 0.1) is 11.8 Å². The summed E-state index contributed by atoms with van der Waals surface area (Å²) in [5, 5.41) is 13.6. The van der Waals surface area contributed by atoms with Crippen molar-refractivity contribution in [2.24, 2.45) is 0 Å². The van der Waals surface area contributed by atoms with Crippen molar-refractivity contribution in [1.29, 1.82) is 0 Å². The number of carbonyl (C=O) groups excluding carboxylic acids is 1. The predicted octanol–water partition coefficient (Wildman–Crippen LogP) is 0.562. The zero-order valence-corrected chi connectivity index (χ0v) is 9.18. The average molecular weight is 212 g/mol. The van der Waals surface area contributed by atoms with E-state index in [0.29, 0.717) is 13.0 Å².